The summed E-state index contributed by atoms with van der Waals surface area (Å²) in [6.45, 7) is 7.68. The zero-order chi connectivity index (χ0) is 32.7. The van der Waals surface area contributed by atoms with E-state index in [0.29, 0.717) is 25.4 Å². The van der Waals surface area contributed by atoms with Gasteiger partial charge in [-0.2, -0.15) is 0 Å². The first kappa shape index (κ1) is 34.0. The van der Waals surface area contributed by atoms with Crippen LogP contribution in [0.15, 0.2) is 72.8 Å². The molecule has 1 saturated heterocycles. The maximum atomic E-state index is 14.6. The fourth-order valence-electron chi connectivity index (χ4n) is 6.20. The fourth-order valence-corrected chi connectivity index (χ4v) is 6.20. The molecule has 0 bridgehead atoms. The third kappa shape index (κ3) is 9.30. The number of rotatable bonds is 10. The molecule has 1 fully saturated rings. The minimum absolute atomic E-state index is 0.0532. The molecule has 0 saturated carbocycles. The van der Waals surface area contributed by atoms with Crippen molar-refractivity contribution in [2.45, 2.75) is 64.1 Å². The average molecular weight is 615 g/mol. The van der Waals surface area contributed by atoms with Gasteiger partial charge >= 0.3 is 6.09 Å². The summed E-state index contributed by atoms with van der Waals surface area (Å²) >= 11 is 0. The normalized spacial score (nSPS) is 16.7. The topological polar surface area (TPSA) is 73.4 Å². The second-order valence-electron chi connectivity index (χ2n) is 13.7. The van der Waals surface area contributed by atoms with Gasteiger partial charge in [0.2, 0.25) is 11.8 Å². The Labute approximate surface area is 268 Å². The number of hydrogen-bond donors (Lipinski definition) is 0. The van der Waals surface area contributed by atoms with Crippen LogP contribution >= 0.6 is 0 Å². The molecule has 0 unspecified atom stereocenters. The first-order valence-electron chi connectivity index (χ1n) is 16.0. The number of likely N-dealkylation sites (tertiary alicyclic amines) is 1. The number of nitrogens with zero attached hydrogens (tertiary/aromatic N) is 4. The molecular weight excluding hydrogens is 564 g/mol. The highest BCUT2D eigenvalue weighted by Crippen LogP contribution is 2.23. The largest absolute Gasteiger partial charge is 0.444 e. The van der Waals surface area contributed by atoms with Gasteiger partial charge in [0.15, 0.2) is 0 Å². The molecule has 1 aliphatic heterocycles. The molecule has 0 spiro atoms. The molecule has 3 amide bonds. The quantitative estimate of drug-likeness (QED) is 0.302. The Morgan fingerprint density at radius 3 is 2.13 bits per heavy atom. The predicted molar refractivity (Wildman–Crippen MR) is 180 cm³/mol. The van der Waals surface area contributed by atoms with Crippen molar-refractivity contribution in [2.75, 3.05) is 47.8 Å². The smallest absolute Gasteiger partial charge is 0.410 e. The molecule has 242 valence electrons. The average Bonchev–Trinajstić information content (AvgIpc) is 3.00. The summed E-state index contributed by atoms with van der Waals surface area (Å²) in [7, 11) is 7.42. The summed E-state index contributed by atoms with van der Waals surface area (Å²) < 4.78 is 5.70. The van der Waals surface area contributed by atoms with Crippen LogP contribution in [-0.2, 0) is 27.2 Å². The highest BCUT2D eigenvalue weighted by atomic mass is 16.6. The van der Waals surface area contributed by atoms with Crippen molar-refractivity contribution < 1.29 is 19.1 Å². The highest BCUT2D eigenvalue weighted by Gasteiger charge is 2.38. The highest BCUT2D eigenvalue weighted by molar-refractivity contribution is 5.92. The van der Waals surface area contributed by atoms with Gasteiger partial charge < -0.3 is 19.4 Å². The van der Waals surface area contributed by atoms with Gasteiger partial charge in [-0.15, -0.1) is 0 Å². The minimum Gasteiger partial charge on any atom is -0.444 e. The van der Waals surface area contributed by atoms with E-state index < -0.39 is 23.8 Å². The molecule has 45 heavy (non-hydrogen) atoms. The molecule has 4 rings (SSSR count). The Bertz CT molecular complexity index is 1450. The Morgan fingerprint density at radius 1 is 0.822 bits per heavy atom. The van der Waals surface area contributed by atoms with Gasteiger partial charge in [0.25, 0.3) is 0 Å². The molecule has 8 nitrogen and oxygen atoms in total. The lowest BCUT2D eigenvalue weighted by molar-refractivity contribution is -0.148. The predicted octanol–water partition coefficient (Wildman–Crippen LogP) is 5.49. The van der Waals surface area contributed by atoms with Crippen LogP contribution in [0, 0.1) is 5.92 Å². The third-order valence-corrected chi connectivity index (χ3v) is 8.50. The molecule has 1 heterocycles. The van der Waals surface area contributed by atoms with E-state index >= 15 is 0 Å². The molecule has 0 N–H and O–H groups in total. The molecule has 3 aromatic carbocycles. The van der Waals surface area contributed by atoms with Crippen LogP contribution in [0.5, 0.6) is 0 Å². The maximum Gasteiger partial charge on any atom is 0.410 e. The summed E-state index contributed by atoms with van der Waals surface area (Å²) in [4.78, 5) is 49.3. The standard InChI is InChI=1S/C37H50N4O4/c1-37(2,3)45-36(44)40(7)32(24-28-19-20-30-17-11-12-18-31(30)22-28)34(42)39(6)33(23-27-14-9-8-10-15-27)35(43)41-21-13-16-29(26-41)25-38(4)5/h8-12,14-15,17-20,22,29,32-33H,13,16,21,23-26H2,1-7H3/t29-,32-,33-/m1/s1. The molecule has 0 aliphatic carbocycles. The summed E-state index contributed by atoms with van der Waals surface area (Å²) in [6.07, 6.45) is 2.10. The number of benzene rings is 3. The maximum absolute atomic E-state index is 14.6. The summed E-state index contributed by atoms with van der Waals surface area (Å²) in [5.41, 5.74) is 1.17. The van der Waals surface area contributed by atoms with E-state index in [9.17, 15) is 14.4 Å². The molecule has 8 heteroatoms. The molecule has 3 atom stereocenters. The first-order valence-corrected chi connectivity index (χ1v) is 16.0. The number of carbonyl (C=O) groups is 3. The number of piperidine rings is 1. The lowest BCUT2D eigenvalue weighted by atomic mass is 9.95. The lowest BCUT2D eigenvalue weighted by Crippen LogP contribution is -2.58. The lowest BCUT2D eigenvalue weighted by Gasteiger charge is -2.39. The van der Waals surface area contributed by atoms with Crippen molar-refractivity contribution in [3.63, 3.8) is 0 Å². The summed E-state index contributed by atoms with van der Waals surface area (Å²) in [6, 6.07) is 22.4. The second-order valence-corrected chi connectivity index (χ2v) is 13.7. The number of amides is 3. The van der Waals surface area contributed by atoms with Crippen LogP contribution in [0.3, 0.4) is 0 Å². The van der Waals surface area contributed by atoms with Gasteiger partial charge in [-0.05, 0) is 75.5 Å². The molecule has 0 radical (unpaired) electrons. The van der Waals surface area contributed by atoms with Crippen LogP contribution in [0.1, 0.15) is 44.7 Å². The number of carbonyl (C=O) groups excluding carboxylic acids is 3. The molecule has 1 aliphatic rings. The summed E-state index contributed by atoms with van der Waals surface area (Å²) in [5.74, 6) is 0.0326. The van der Waals surface area contributed by atoms with Gasteiger partial charge in [-0.1, -0.05) is 72.8 Å². The molecule has 0 aromatic heterocycles. The number of ether oxygens (including phenoxy) is 1. The van der Waals surface area contributed by atoms with Gasteiger partial charge in [0.05, 0.1) is 0 Å². The Balaban J connectivity index is 1.66. The van der Waals surface area contributed by atoms with Crippen molar-refractivity contribution in [1.82, 2.24) is 19.6 Å². The number of likely N-dealkylation sites (N-methyl/N-ethyl adjacent to an activating group) is 2. The van der Waals surface area contributed by atoms with E-state index in [1.165, 1.54) is 4.90 Å². The third-order valence-electron chi connectivity index (χ3n) is 8.50. The van der Waals surface area contributed by atoms with E-state index in [1.807, 2.05) is 92.4 Å². The Kier molecular flexibility index (Phi) is 11.3. The zero-order valence-electron chi connectivity index (χ0n) is 28.0. The Hall–Kier alpha value is -3.91. The van der Waals surface area contributed by atoms with Crippen LogP contribution in [0.2, 0.25) is 0 Å². The second kappa shape index (κ2) is 14.9. The summed E-state index contributed by atoms with van der Waals surface area (Å²) in [5, 5.41) is 2.16. The van der Waals surface area contributed by atoms with E-state index in [4.69, 9.17) is 4.74 Å². The van der Waals surface area contributed by atoms with Gasteiger partial charge in [-0.25, -0.2) is 4.79 Å². The van der Waals surface area contributed by atoms with Crippen molar-refractivity contribution >= 4 is 28.7 Å². The van der Waals surface area contributed by atoms with Gasteiger partial charge in [0.1, 0.15) is 17.7 Å². The van der Waals surface area contributed by atoms with Crippen molar-refractivity contribution in [3.8, 4) is 0 Å². The van der Waals surface area contributed by atoms with E-state index in [-0.39, 0.29) is 18.2 Å². The van der Waals surface area contributed by atoms with Crippen LogP contribution < -0.4 is 0 Å². The monoisotopic (exact) mass is 614 g/mol. The van der Waals surface area contributed by atoms with Crippen LogP contribution in [-0.4, -0.2) is 103 Å². The SMILES string of the molecule is CN(C)C[C@H]1CCCN(C(=O)[C@@H](Cc2ccccc2)N(C)C(=O)[C@@H](Cc2ccc3ccccc3c2)N(C)C(=O)OC(C)(C)C)C1. The van der Waals surface area contributed by atoms with E-state index in [1.54, 1.807) is 19.0 Å². The number of hydrogen-bond acceptors (Lipinski definition) is 5. The van der Waals surface area contributed by atoms with Crippen molar-refractivity contribution in [1.29, 1.82) is 0 Å². The van der Waals surface area contributed by atoms with E-state index in [0.717, 1.165) is 41.3 Å². The molecule has 3 aromatic rings. The van der Waals surface area contributed by atoms with Gasteiger partial charge in [0, 0.05) is 46.6 Å². The Morgan fingerprint density at radius 2 is 1.47 bits per heavy atom. The first-order chi connectivity index (χ1) is 21.3. The van der Waals surface area contributed by atoms with Crippen molar-refractivity contribution in [3.05, 3.63) is 83.9 Å². The van der Waals surface area contributed by atoms with Gasteiger partial charge in [-0.3, -0.25) is 14.5 Å². The van der Waals surface area contributed by atoms with E-state index in [2.05, 4.69) is 25.1 Å². The zero-order valence-corrected chi connectivity index (χ0v) is 28.0. The van der Waals surface area contributed by atoms with Crippen LogP contribution in [0.4, 0.5) is 4.79 Å². The van der Waals surface area contributed by atoms with Crippen LogP contribution in [0.25, 0.3) is 10.8 Å². The fraction of sp³-hybridized carbons (Fsp3) is 0.486. The minimum atomic E-state index is -0.875. The number of fused-ring (bicyclic) bond motifs is 1. The molecular formula is C37H50N4O4. The van der Waals surface area contributed by atoms with Crippen molar-refractivity contribution in [2.24, 2.45) is 5.92 Å².